The van der Waals surface area contributed by atoms with Crippen LogP contribution in [-0.2, 0) is 17.8 Å². The van der Waals surface area contributed by atoms with E-state index in [1.54, 1.807) is 7.11 Å². The number of amides is 1. The number of methoxy groups -OCH3 is 1. The fraction of sp³-hybridized carbons (Fsp3) is 0.235. The maximum Gasteiger partial charge on any atom is 0.255 e. The molecule has 0 bridgehead atoms. The molecule has 2 aromatic carbocycles. The van der Waals surface area contributed by atoms with Crippen molar-refractivity contribution in [1.82, 2.24) is 0 Å². The van der Waals surface area contributed by atoms with Gasteiger partial charge in [0.15, 0.2) is 0 Å². The first kappa shape index (κ1) is 13.6. The number of anilines is 2. The first-order chi connectivity index (χ1) is 10.3. The van der Waals surface area contributed by atoms with Crippen molar-refractivity contribution in [2.75, 3.05) is 24.3 Å². The Hall–Kier alpha value is -2.33. The number of para-hydroxylation sites is 1. The predicted octanol–water partition coefficient (Wildman–Crippen LogP) is 3.05. The van der Waals surface area contributed by atoms with E-state index in [0.29, 0.717) is 12.2 Å². The molecule has 108 valence electrons. The number of hydrogen-bond acceptors (Lipinski definition) is 3. The van der Waals surface area contributed by atoms with Gasteiger partial charge in [-0.3, -0.25) is 4.79 Å². The smallest absolute Gasteiger partial charge is 0.255 e. The largest absolute Gasteiger partial charge is 0.384 e. The zero-order valence-electron chi connectivity index (χ0n) is 12.0. The molecule has 1 aliphatic heterocycles. The molecule has 0 radical (unpaired) electrons. The van der Waals surface area contributed by atoms with Crippen molar-refractivity contribution < 1.29 is 9.53 Å². The summed E-state index contributed by atoms with van der Waals surface area (Å²) < 4.78 is 5.16. The van der Waals surface area contributed by atoms with Gasteiger partial charge in [-0.2, -0.15) is 0 Å². The molecule has 0 aromatic heterocycles. The fourth-order valence-corrected chi connectivity index (χ4v) is 2.56. The van der Waals surface area contributed by atoms with Gasteiger partial charge in [0, 0.05) is 36.2 Å². The van der Waals surface area contributed by atoms with Crippen molar-refractivity contribution in [3.63, 3.8) is 0 Å². The highest BCUT2D eigenvalue weighted by Gasteiger charge is 2.14. The Morgan fingerprint density at radius 3 is 3.00 bits per heavy atom. The van der Waals surface area contributed by atoms with Gasteiger partial charge in [0.25, 0.3) is 5.91 Å². The third-order valence-electron chi connectivity index (χ3n) is 3.64. The monoisotopic (exact) mass is 282 g/mol. The minimum atomic E-state index is -0.0896. The molecule has 1 amide bonds. The van der Waals surface area contributed by atoms with Crippen LogP contribution in [0.1, 0.15) is 21.5 Å². The average molecular weight is 282 g/mol. The Bertz CT molecular complexity index is 668. The summed E-state index contributed by atoms with van der Waals surface area (Å²) in [6, 6.07) is 13.5. The van der Waals surface area contributed by atoms with E-state index in [0.717, 1.165) is 29.9 Å². The lowest BCUT2D eigenvalue weighted by Gasteiger charge is -2.11. The van der Waals surface area contributed by atoms with E-state index in [9.17, 15) is 4.79 Å². The van der Waals surface area contributed by atoms with E-state index in [-0.39, 0.29) is 5.91 Å². The molecule has 0 unspecified atom stereocenters. The minimum Gasteiger partial charge on any atom is -0.384 e. The van der Waals surface area contributed by atoms with E-state index in [2.05, 4.69) is 10.6 Å². The highest BCUT2D eigenvalue weighted by atomic mass is 16.5. The van der Waals surface area contributed by atoms with Gasteiger partial charge < -0.3 is 15.4 Å². The van der Waals surface area contributed by atoms with E-state index in [1.165, 1.54) is 5.56 Å². The molecule has 4 heteroatoms. The van der Waals surface area contributed by atoms with Gasteiger partial charge in [-0.25, -0.2) is 0 Å². The second-order valence-corrected chi connectivity index (χ2v) is 5.09. The molecule has 2 aromatic rings. The summed E-state index contributed by atoms with van der Waals surface area (Å²) in [6.07, 6.45) is 0.969. The number of nitrogens with one attached hydrogen (secondary N) is 2. The summed E-state index contributed by atoms with van der Waals surface area (Å²) >= 11 is 0. The normalized spacial score (nSPS) is 12.6. The molecule has 0 saturated heterocycles. The van der Waals surface area contributed by atoms with Gasteiger partial charge >= 0.3 is 0 Å². The van der Waals surface area contributed by atoms with Crippen LogP contribution >= 0.6 is 0 Å². The van der Waals surface area contributed by atoms with E-state index in [1.807, 2.05) is 42.5 Å². The molecular weight excluding hydrogens is 264 g/mol. The van der Waals surface area contributed by atoms with Crippen LogP contribution in [0.15, 0.2) is 42.5 Å². The van der Waals surface area contributed by atoms with Crippen molar-refractivity contribution in [1.29, 1.82) is 0 Å². The first-order valence-corrected chi connectivity index (χ1v) is 7.03. The molecule has 0 saturated carbocycles. The minimum absolute atomic E-state index is 0.0896. The van der Waals surface area contributed by atoms with Crippen LogP contribution in [0.5, 0.6) is 0 Å². The predicted molar refractivity (Wildman–Crippen MR) is 83.7 cm³/mol. The highest BCUT2D eigenvalue weighted by Crippen LogP contribution is 2.24. The number of hydrogen-bond donors (Lipinski definition) is 2. The zero-order valence-corrected chi connectivity index (χ0v) is 12.0. The number of carbonyl (C=O) groups excluding carboxylic acids is 1. The van der Waals surface area contributed by atoms with Crippen molar-refractivity contribution in [3.8, 4) is 0 Å². The fourth-order valence-electron chi connectivity index (χ4n) is 2.56. The molecule has 1 heterocycles. The van der Waals surface area contributed by atoms with Crippen LogP contribution in [0, 0.1) is 0 Å². The molecule has 0 fully saturated rings. The average Bonchev–Trinajstić information content (AvgIpc) is 2.97. The second kappa shape index (κ2) is 5.97. The number of benzene rings is 2. The first-order valence-electron chi connectivity index (χ1n) is 7.03. The molecule has 3 rings (SSSR count). The van der Waals surface area contributed by atoms with Gasteiger partial charge in [-0.1, -0.05) is 18.2 Å². The summed E-state index contributed by atoms with van der Waals surface area (Å²) in [7, 11) is 1.64. The van der Waals surface area contributed by atoms with E-state index < -0.39 is 0 Å². The van der Waals surface area contributed by atoms with Crippen LogP contribution in [0.25, 0.3) is 0 Å². The summed E-state index contributed by atoms with van der Waals surface area (Å²) in [5.74, 6) is -0.0896. The second-order valence-electron chi connectivity index (χ2n) is 5.09. The maximum atomic E-state index is 12.4. The van der Waals surface area contributed by atoms with Gasteiger partial charge in [0.2, 0.25) is 0 Å². The number of rotatable bonds is 4. The third-order valence-corrected chi connectivity index (χ3v) is 3.64. The molecule has 0 atom stereocenters. The molecule has 0 aliphatic carbocycles. The Labute approximate surface area is 124 Å². The van der Waals surface area contributed by atoms with Crippen molar-refractivity contribution in [2.24, 2.45) is 0 Å². The Morgan fingerprint density at radius 1 is 1.29 bits per heavy atom. The van der Waals surface area contributed by atoms with Crippen molar-refractivity contribution in [3.05, 3.63) is 59.2 Å². The number of carbonyl (C=O) groups is 1. The maximum absolute atomic E-state index is 12.4. The number of ether oxygens (including phenoxy) is 1. The van der Waals surface area contributed by atoms with Crippen molar-refractivity contribution in [2.45, 2.75) is 13.0 Å². The Balaban J connectivity index is 1.80. The molecule has 21 heavy (non-hydrogen) atoms. The van der Waals surface area contributed by atoms with Gasteiger partial charge in [0.05, 0.1) is 6.61 Å². The SMILES string of the molecule is COCc1ccccc1NC(=O)c1ccc2c(c1)CCN2. The standard InChI is InChI=1S/C17H18N2O2/c1-21-11-14-4-2-3-5-16(14)19-17(20)13-6-7-15-12(10-13)8-9-18-15/h2-7,10,18H,8-9,11H2,1H3,(H,19,20). The lowest BCUT2D eigenvalue weighted by Crippen LogP contribution is -2.13. The van der Waals surface area contributed by atoms with Crippen molar-refractivity contribution >= 4 is 17.3 Å². The third kappa shape index (κ3) is 2.90. The van der Waals surface area contributed by atoms with Crippen LogP contribution < -0.4 is 10.6 Å². The molecule has 1 aliphatic rings. The Morgan fingerprint density at radius 2 is 2.14 bits per heavy atom. The lowest BCUT2D eigenvalue weighted by atomic mass is 10.1. The summed E-state index contributed by atoms with van der Waals surface area (Å²) in [4.78, 5) is 12.4. The molecule has 4 nitrogen and oxygen atoms in total. The molecule has 2 N–H and O–H groups in total. The van der Waals surface area contributed by atoms with Crippen LogP contribution in [-0.4, -0.2) is 19.6 Å². The van der Waals surface area contributed by atoms with Gasteiger partial charge in [-0.05, 0) is 36.2 Å². The lowest BCUT2D eigenvalue weighted by molar-refractivity contribution is 0.102. The zero-order chi connectivity index (χ0) is 14.7. The number of fused-ring (bicyclic) bond motifs is 1. The van der Waals surface area contributed by atoms with Crippen LogP contribution in [0.4, 0.5) is 11.4 Å². The van der Waals surface area contributed by atoms with Crippen LogP contribution in [0.3, 0.4) is 0 Å². The summed E-state index contributed by atoms with van der Waals surface area (Å²) in [5, 5.41) is 6.26. The summed E-state index contributed by atoms with van der Waals surface area (Å²) in [6.45, 7) is 1.42. The quantitative estimate of drug-likeness (QED) is 0.906. The summed E-state index contributed by atoms with van der Waals surface area (Å²) in [5.41, 5.74) is 4.78. The molecule has 0 spiro atoms. The highest BCUT2D eigenvalue weighted by molar-refractivity contribution is 6.05. The molecular formula is C17H18N2O2. The Kier molecular flexibility index (Phi) is 3.88. The topological polar surface area (TPSA) is 50.4 Å². The van der Waals surface area contributed by atoms with Crippen LogP contribution in [0.2, 0.25) is 0 Å². The van der Waals surface area contributed by atoms with E-state index >= 15 is 0 Å². The van der Waals surface area contributed by atoms with Gasteiger partial charge in [-0.15, -0.1) is 0 Å². The van der Waals surface area contributed by atoms with E-state index in [4.69, 9.17) is 4.74 Å². The van der Waals surface area contributed by atoms with Gasteiger partial charge in [0.1, 0.15) is 0 Å².